The molecule has 30 heavy (non-hydrogen) atoms. The van der Waals surface area contributed by atoms with E-state index in [1.165, 1.54) is 12.1 Å². The van der Waals surface area contributed by atoms with E-state index in [9.17, 15) is 22.8 Å². The van der Waals surface area contributed by atoms with Crippen molar-refractivity contribution in [2.24, 2.45) is 5.92 Å². The van der Waals surface area contributed by atoms with E-state index in [0.29, 0.717) is 16.6 Å². The Labute approximate surface area is 177 Å². The highest BCUT2D eigenvalue weighted by Gasteiger charge is 2.55. The molecule has 11 heteroatoms. The normalized spacial score (nSPS) is 24.5. The number of hydrogen-bond donors (Lipinski definition) is 2. The first-order valence-electron chi connectivity index (χ1n) is 9.65. The summed E-state index contributed by atoms with van der Waals surface area (Å²) < 4.78 is 24.0. The maximum Gasteiger partial charge on any atom is 0.325 e. The Morgan fingerprint density at radius 2 is 2.13 bits per heavy atom. The van der Waals surface area contributed by atoms with Crippen molar-refractivity contribution in [1.29, 1.82) is 0 Å². The fraction of sp³-hybridized carbons (Fsp3) is 0.474. The Morgan fingerprint density at radius 1 is 1.37 bits per heavy atom. The molecule has 4 amide bonds. The molecule has 1 saturated carbocycles. The van der Waals surface area contributed by atoms with Crippen LogP contribution in [0.5, 0.6) is 0 Å². The molecule has 0 radical (unpaired) electrons. The Kier molecular flexibility index (Phi) is 5.05. The molecular formula is C19H22N4O5S2. The Morgan fingerprint density at radius 3 is 2.83 bits per heavy atom. The van der Waals surface area contributed by atoms with Gasteiger partial charge >= 0.3 is 6.03 Å². The summed E-state index contributed by atoms with van der Waals surface area (Å²) >= 11 is 1.13. The largest absolute Gasteiger partial charge is 0.325 e. The van der Waals surface area contributed by atoms with Gasteiger partial charge in [0.05, 0.1) is 15.1 Å². The molecule has 1 aliphatic carbocycles. The van der Waals surface area contributed by atoms with Gasteiger partial charge in [-0.05, 0) is 37.0 Å². The number of benzene rings is 1. The Balaban J connectivity index is 1.48. The molecular weight excluding hydrogens is 428 g/mol. The van der Waals surface area contributed by atoms with Gasteiger partial charge < -0.3 is 10.6 Å². The number of nitrogens with one attached hydrogen (secondary N) is 2. The van der Waals surface area contributed by atoms with Gasteiger partial charge in [0.25, 0.3) is 5.91 Å². The van der Waals surface area contributed by atoms with Crippen LogP contribution in [0.3, 0.4) is 0 Å². The summed E-state index contributed by atoms with van der Waals surface area (Å²) in [5, 5.41) is 5.69. The van der Waals surface area contributed by atoms with E-state index < -0.39 is 33.9 Å². The van der Waals surface area contributed by atoms with Crippen LogP contribution >= 0.6 is 11.3 Å². The van der Waals surface area contributed by atoms with Crippen LogP contribution in [0.1, 0.15) is 32.6 Å². The molecule has 4 rings (SSSR count). The average Bonchev–Trinajstić information content (AvgIpc) is 3.17. The van der Waals surface area contributed by atoms with E-state index in [4.69, 9.17) is 0 Å². The molecule has 1 aromatic heterocycles. The first-order valence-corrected chi connectivity index (χ1v) is 12.4. The molecule has 1 saturated heterocycles. The van der Waals surface area contributed by atoms with Crippen molar-refractivity contribution in [3.05, 3.63) is 18.2 Å². The van der Waals surface area contributed by atoms with E-state index in [-0.39, 0.29) is 21.9 Å². The van der Waals surface area contributed by atoms with Crippen molar-refractivity contribution in [2.75, 3.05) is 18.1 Å². The molecule has 2 fully saturated rings. The number of hydrogen-bond acceptors (Lipinski definition) is 7. The molecule has 2 atom stereocenters. The summed E-state index contributed by atoms with van der Waals surface area (Å²) in [4.78, 5) is 43.3. The lowest BCUT2D eigenvalue weighted by Gasteiger charge is -2.36. The topological polar surface area (TPSA) is 126 Å². The van der Waals surface area contributed by atoms with Gasteiger partial charge in [0.2, 0.25) is 5.91 Å². The first-order chi connectivity index (χ1) is 14.1. The number of rotatable bonds is 4. The van der Waals surface area contributed by atoms with Crippen LogP contribution in [-0.2, 0) is 19.4 Å². The number of sulfone groups is 1. The second kappa shape index (κ2) is 7.31. The third kappa shape index (κ3) is 3.56. The first kappa shape index (κ1) is 20.7. The number of carbonyl (C=O) groups is 3. The van der Waals surface area contributed by atoms with Gasteiger partial charge in [0.15, 0.2) is 15.0 Å². The maximum absolute atomic E-state index is 13.0. The van der Waals surface area contributed by atoms with Crippen molar-refractivity contribution in [2.45, 2.75) is 43.0 Å². The van der Waals surface area contributed by atoms with Crippen LogP contribution < -0.4 is 10.6 Å². The van der Waals surface area contributed by atoms with Crippen LogP contribution in [0.25, 0.3) is 10.2 Å². The number of imide groups is 1. The summed E-state index contributed by atoms with van der Waals surface area (Å²) in [7, 11) is -3.35. The molecule has 2 aromatic rings. The third-order valence-electron chi connectivity index (χ3n) is 5.84. The maximum atomic E-state index is 13.0. The van der Waals surface area contributed by atoms with Crippen molar-refractivity contribution >= 4 is 54.4 Å². The van der Waals surface area contributed by atoms with Crippen LogP contribution in [0.15, 0.2) is 23.1 Å². The average molecular weight is 451 g/mol. The quantitative estimate of drug-likeness (QED) is 0.688. The van der Waals surface area contributed by atoms with Gasteiger partial charge in [0.1, 0.15) is 12.1 Å². The van der Waals surface area contributed by atoms with Gasteiger partial charge in [-0.2, -0.15) is 0 Å². The molecule has 9 nitrogen and oxygen atoms in total. The Hall–Kier alpha value is -2.53. The standard InChI is InChI=1S/C19H22N4O5S2/c1-11-5-3-4-8-19(11)16(25)23(18(26)22-19)10-15(24)21-17-20-13-7-6-12(30(2,27)28)9-14(13)29-17/h6-7,9,11H,3-5,8,10H2,1-2H3,(H,22,26)(H,20,21,24)/t11-,19-/m1/s1. The van der Waals surface area contributed by atoms with Gasteiger partial charge in [-0.25, -0.2) is 18.2 Å². The predicted molar refractivity (Wildman–Crippen MR) is 112 cm³/mol. The summed E-state index contributed by atoms with van der Waals surface area (Å²) in [6, 6.07) is 3.99. The number of carbonyl (C=O) groups excluding carboxylic acids is 3. The molecule has 2 N–H and O–H groups in total. The molecule has 1 spiro atoms. The number of aromatic nitrogens is 1. The zero-order valence-electron chi connectivity index (χ0n) is 16.6. The summed E-state index contributed by atoms with van der Waals surface area (Å²) in [6.45, 7) is 1.55. The van der Waals surface area contributed by atoms with E-state index in [1.807, 2.05) is 6.92 Å². The monoisotopic (exact) mass is 450 g/mol. The van der Waals surface area contributed by atoms with E-state index >= 15 is 0 Å². The van der Waals surface area contributed by atoms with Gasteiger partial charge in [0, 0.05) is 6.26 Å². The number of urea groups is 1. The number of nitrogens with zero attached hydrogens (tertiary/aromatic N) is 2. The SMILES string of the molecule is C[C@@H]1CCCC[C@@]12NC(=O)N(CC(=O)Nc1nc3ccc(S(C)(=O)=O)cc3s1)C2=O. The predicted octanol–water partition coefficient (Wildman–Crippen LogP) is 2.14. The number of anilines is 1. The van der Waals surface area contributed by atoms with Crippen LogP contribution in [0.2, 0.25) is 0 Å². The number of fused-ring (bicyclic) bond motifs is 1. The summed E-state index contributed by atoms with van der Waals surface area (Å²) in [6.07, 6.45) is 4.43. The lowest BCUT2D eigenvalue weighted by atomic mass is 9.73. The summed E-state index contributed by atoms with van der Waals surface area (Å²) in [5.41, 5.74) is -0.360. The van der Waals surface area contributed by atoms with Crippen molar-refractivity contribution in [3.63, 3.8) is 0 Å². The van der Waals surface area contributed by atoms with Gasteiger partial charge in [-0.1, -0.05) is 31.1 Å². The van der Waals surface area contributed by atoms with Crippen molar-refractivity contribution < 1.29 is 22.8 Å². The fourth-order valence-electron chi connectivity index (χ4n) is 4.13. The molecule has 0 unspecified atom stereocenters. The molecule has 1 aliphatic heterocycles. The van der Waals surface area contributed by atoms with Crippen LogP contribution in [-0.4, -0.2) is 54.5 Å². The van der Waals surface area contributed by atoms with Crippen LogP contribution in [0, 0.1) is 5.92 Å². The minimum Gasteiger partial charge on any atom is -0.323 e. The lowest BCUT2D eigenvalue weighted by molar-refractivity contribution is -0.136. The van der Waals surface area contributed by atoms with Crippen molar-refractivity contribution in [3.8, 4) is 0 Å². The lowest BCUT2D eigenvalue weighted by Crippen LogP contribution is -2.54. The smallest absolute Gasteiger partial charge is 0.323 e. The second-order valence-corrected chi connectivity index (χ2v) is 11.0. The molecule has 2 aliphatic rings. The zero-order valence-corrected chi connectivity index (χ0v) is 18.2. The summed E-state index contributed by atoms with van der Waals surface area (Å²) in [5.74, 6) is -0.873. The molecule has 1 aromatic carbocycles. The van der Waals surface area contributed by atoms with E-state index in [2.05, 4.69) is 15.6 Å². The minimum atomic E-state index is -3.35. The minimum absolute atomic E-state index is 0.0177. The number of thiazole rings is 1. The molecule has 2 heterocycles. The van der Waals surface area contributed by atoms with Gasteiger partial charge in [-0.15, -0.1) is 0 Å². The highest BCUT2D eigenvalue weighted by Crippen LogP contribution is 2.38. The van der Waals surface area contributed by atoms with Crippen molar-refractivity contribution in [1.82, 2.24) is 15.2 Å². The second-order valence-electron chi connectivity index (χ2n) is 7.91. The third-order valence-corrected chi connectivity index (χ3v) is 7.88. The molecule has 160 valence electrons. The molecule has 0 bridgehead atoms. The fourth-order valence-corrected chi connectivity index (χ4v) is 5.77. The van der Waals surface area contributed by atoms with Gasteiger partial charge in [-0.3, -0.25) is 14.5 Å². The van der Waals surface area contributed by atoms with E-state index in [1.54, 1.807) is 6.07 Å². The highest BCUT2D eigenvalue weighted by atomic mass is 32.2. The Bertz CT molecular complexity index is 1160. The van der Waals surface area contributed by atoms with Crippen LogP contribution in [0.4, 0.5) is 9.93 Å². The highest BCUT2D eigenvalue weighted by molar-refractivity contribution is 7.90. The zero-order chi connectivity index (χ0) is 21.7. The van der Waals surface area contributed by atoms with E-state index in [0.717, 1.165) is 41.8 Å². The number of amides is 4.